The van der Waals surface area contributed by atoms with E-state index in [1.54, 1.807) is 6.07 Å². The van der Waals surface area contributed by atoms with Gasteiger partial charge in [-0.15, -0.1) is 0 Å². The monoisotopic (exact) mass is 386 g/mol. The summed E-state index contributed by atoms with van der Waals surface area (Å²) in [6, 6.07) is 24.5. The fraction of sp³-hybridized carbons (Fsp3) is 0.160. The first-order valence-corrected chi connectivity index (χ1v) is 9.72. The molecule has 4 aromatic rings. The minimum absolute atomic E-state index is 0.0592. The number of carbonyl (C=O) groups is 1. The van der Waals surface area contributed by atoms with E-state index in [0.29, 0.717) is 6.54 Å². The number of benzene rings is 3. The van der Waals surface area contributed by atoms with E-state index in [9.17, 15) is 9.18 Å². The molecule has 1 atom stereocenters. The second-order valence-corrected chi connectivity index (χ2v) is 7.29. The Hall–Kier alpha value is -3.40. The Labute approximate surface area is 169 Å². The number of amides is 1. The summed E-state index contributed by atoms with van der Waals surface area (Å²) < 4.78 is 16.0. The summed E-state index contributed by atoms with van der Waals surface area (Å²) in [5.74, 6) is -0.582. The van der Waals surface area contributed by atoms with E-state index in [1.807, 2.05) is 61.8 Å². The maximum Gasteiger partial charge on any atom is 0.221 e. The van der Waals surface area contributed by atoms with Crippen molar-refractivity contribution in [3.8, 4) is 0 Å². The Bertz CT molecular complexity index is 1130. The fourth-order valence-corrected chi connectivity index (χ4v) is 3.84. The van der Waals surface area contributed by atoms with E-state index >= 15 is 0 Å². The van der Waals surface area contributed by atoms with Crippen molar-refractivity contribution in [2.75, 3.05) is 0 Å². The third-order valence-electron chi connectivity index (χ3n) is 5.28. The van der Waals surface area contributed by atoms with E-state index in [1.165, 1.54) is 12.1 Å². The molecule has 1 aromatic heterocycles. The first-order chi connectivity index (χ1) is 14.1. The van der Waals surface area contributed by atoms with Gasteiger partial charge < -0.3 is 9.88 Å². The Morgan fingerprint density at radius 2 is 1.76 bits per heavy atom. The summed E-state index contributed by atoms with van der Waals surface area (Å²) in [6.45, 7) is 0.477. The van der Waals surface area contributed by atoms with Gasteiger partial charge in [0, 0.05) is 43.0 Å². The zero-order valence-electron chi connectivity index (χ0n) is 16.3. The molecule has 3 aromatic carbocycles. The lowest BCUT2D eigenvalue weighted by Crippen LogP contribution is -2.25. The van der Waals surface area contributed by atoms with Gasteiger partial charge in [0.2, 0.25) is 5.91 Å². The van der Waals surface area contributed by atoms with E-state index in [-0.39, 0.29) is 24.1 Å². The zero-order chi connectivity index (χ0) is 20.2. The summed E-state index contributed by atoms with van der Waals surface area (Å²) in [4.78, 5) is 12.8. The van der Waals surface area contributed by atoms with Crippen LogP contribution in [0.4, 0.5) is 4.39 Å². The average molecular weight is 386 g/mol. The van der Waals surface area contributed by atoms with Gasteiger partial charge in [-0.3, -0.25) is 4.79 Å². The molecule has 1 N–H and O–H groups in total. The molecule has 0 radical (unpaired) electrons. The lowest BCUT2D eigenvalue weighted by molar-refractivity contribution is -0.121. The number of rotatable bonds is 6. The van der Waals surface area contributed by atoms with Crippen LogP contribution in [0.2, 0.25) is 0 Å². The van der Waals surface area contributed by atoms with Gasteiger partial charge in [-0.25, -0.2) is 4.39 Å². The summed E-state index contributed by atoms with van der Waals surface area (Å²) in [7, 11) is 1.99. The van der Waals surface area contributed by atoms with Gasteiger partial charge in [-0.05, 0) is 34.9 Å². The topological polar surface area (TPSA) is 34.0 Å². The molecule has 4 heteroatoms. The number of hydrogen-bond donors (Lipinski definition) is 1. The predicted molar refractivity (Wildman–Crippen MR) is 114 cm³/mol. The highest BCUT2D eigenvalue weighted by molar-refractivity contribution is 5.86. The molecule has 0 saturated heterocycles. The second-order valence-electron chi connectivity index (χ2n) is 7.29. The summed E-state index contributed by atoms with van der Waals surface area (Å²) in [5.41, 5.74) is 3.97. The van der Waals surface area contributed by atoms with Crippen molar-refractivity contribution in [3.63, 3.8) is 0 Å². The van der Waals surface area contributed by atoms with Gasteiger partial charge in [0.25, 0.3) is 0 Å². The van der Waals surface area contributed by atoms with Gasteiger partial charge in [0.15, 0.2) is 0 Å². The zero-order valence-corrected chi connectivity index (χ0v) is 16.3. The van der Waals surface area contributed by atoms with Crippen LogP contribution in [0, 0.1) is 5.82 Å². The Kier molecular flexibility index (Phi) is 5.43. The number of para-hydroxylation sites is 1. The van der Waals surface area contributed by atoms with Crippen molar-refractivity contribution >= 4 is 16.8 Å². The number of nitrogens with zero attached hydrogens (tertiary/aromatic N) is 1. The number of fused-ring (bicyclic) bond motifs is 1. The van der Waals surface area contributed by atoms with Crippen LogP contribution >= 0.6 is 0 Å². The van der Waals surface area contributed by atoms with Crippen LogP contribution in [0.3, 0.4) is 0 Å². The highest BCUT2D eigenvalue weighted by Gasteiger charge is 2.22. The van der Waals surface area contributed by atoms with E-state index in [0.717, 1.165) is 27.6 Å². The Morgan fingerprint density at radius 1 is 1.00 bits per heavy atom. The first kappa shape index (κ1) is 18.9. The van der Waals surface area contributed by atoms with Gasteiger partial charge in [-0.2, -0.15) is 0 Å². The fourth-order valence-electron chi connectivity index (χ4n) is 3.84. The van der Waals surface area contributed by atoms with Gasteiger partial charge in [0.05, 0.1) is 0 Å². The van der Waals surface area contributed by atoms with Crippen molar-refractivity contribution < 1.29 is 9.18 Å². The molecular weight excluding hydrogens is 363 g/mol. The van der Waals surface area contributed by atoms with Crippen molar-refractivity contribution in [1.82, 2.24) is 9.88 Å². The number of carbonyl (C=O) groups excluding carboxylic acids is 1. The van der Waals surface area contributed by atoms with Crippen LogP contribution in [0.15, 0.2) is 85.1 Å². The SMILES string of the molecule is Cn1cc([C@@H](CC(=O)NCc2ccccc2)c2cccc(F)c2)c2ccccc21. The lowest BCUT2D eigenvalue weighted by Gasteiger charge is -2.17. The number of aryl methyl sites for hydroxylation is 1. The van der Waals surface area contributed by atoms with Crippen LogP contribution in [0.25, 0.3) is 10.9 Å². The predicted octanol–water partition coefficient (Wildman–Crippen LogP) is 5.16. The largest absolute Gasteiger partial charge is 0.352 e. The summed E-state index contributed by atoms with van der Waals surface area (Å²) >= 11 is 0. The van der Waals surface area contributed by atoms with Crippen LogP contribution in [-0.2, 0) is 18.4 Å². The molecule has 1 amide bonds. The first-order valence-electron chi connectivity index (χ1n) is 9.72. The van der Waals surface area contributed by atoms with Gasteiger partial charge >= 0.3 is 0 Å². The van der Waals surface area contributed by atoms with Crippen LogP contribution < -0.4 is 5.32 Å². The molecule has 0 aliphatic heterocycles. The number of nitrogens with one attached hydrogen (secondary N) is 1. The maximum atomic E-state index is 14.0. The Morgan fingerprint density at radius 3 is 2.55 bits per heavy atom. The summed E-state index contributed by atoms with van der Waals surface area (Å²) in [5, 5.41) is 4.08. The highest BCUT2D eigenvalue weighted by atomic mass is 19.1. The number of hydrogen-bond acceptors (Lipinski definition) is 1. The number of aromatic nitrogens is 1. The molecule has 3 nitrogen and oxygen atoms in total. The highest BCUT2D eigenvalue weighted by Crippen LogP contribution is 2.34. The van der Waals surface area contributed by atoms with Crippen LogP contribution in [0.1, 0.15) is 29.0 Å². The van der Waals surface area contributed by atoms with Crippen LogP contribution in [0.5, 0.6) is 0 Å². The molecule has 29 heavy (non-hydrogen) atoms. The van der Waals surface area contributed by atoms with Crippen molar-refractivity contribution in [1.29, 1.82) is 0 Å². The van der Waals surface area contributed by atoms with Crippen molar-refractivity contribution in [3.05, 3.63) is 108 Å². The molecule has 1 heterocycles. The second kappa shape index (κ2) is 8.31. The third-order valence-corrected chi connectivity index (χ3v) is 5.28. The smallest absolute Gasteiger partial charge is 0.221 e. The molecule has 0 fully saturated rings. The van der Waals surface area contributed by atoms with Crippen molar-refractivity contribution in [2.45, 2.75) is 18.9 Å². The Balaban J connectivity index is 1.65. The minimum Gasteiger partial charge on any atom is -0.352 e. The van der Waals surface area contributed by atoms with Gasteiger partial charge in [-0.1, -0.05) is 60.7 Å². The quantitative estimate of drug-likeness (QED) is 0.488. The van der Waals surface area contributed by atoms with E-state index in [4.69, 9.17) is 0 Å². The van der Waals surface area contributed by atoms with Crippen LogP contribution in [-0.4, -0.2) is 10.5 Å². The molecule has 0 bridgehead atoms. The van der Waals surface area contributed by atoms with E-state index in [2.05, 4.69) is 22.0 Å². The average Bonchev–Trinajstić information content (AvgIpc) is 3.08. The molecule has 0 spiro atoms. The van der Waals surface area contributed by atoms with Crippen molar-refractivity contribution in [2.24, 2.45) is 7.05 Å². The summed E-state index contributed by atoms with van der Waals surface area (Å²) in [6.07, 6.45) is 2.30. The molecule has 0 saturated carbocycles. The molecule has 0 unspecified atom stereocenters. The standard InChI is InChI=1S/C25H23FN2O/c1-28-17-23(21-12-5-6-13-24(21)28)22(19-10-7-11-20(26)14-19)15-25(29)27-16-18-8-3-2-4-9-18/h2-14,17,22H,15-16H2,1H3,(H,27,29)/t22-/m0/s1. The maximum absolute atomic E-state index is 14.0. The molecule has 0 aliphatic rings. The molecule has 0 aliphatic carbocycles. The molecule has 146 valence electrons. The normalized spacial score (nSPS) is 12.1. The lowest BCUT2D eigenvalue weighted by atomic mass is 9.88. The minimum atomic E-state index is -0.294. The molecule has 4 rings (SSSR count). The third kappa shape index (κ3) is 4.21. The molecular formula is C25H23FN2O. The van der Waals surface area contributed by atoms with E-state index < -0.39 is 0 Å². The van der Waals surface area contributed by atoms with Gasteiger partial charge in [0.1, 0.15) is 5.82 Å². The number of halogens is 1.